The van der Waals surface area contributed by atoms with Gasteiger partial charge in [0.15, 0.2) is 0 Å². The number of amides is 3. The van der Waals surface area contributed by atoms with Gasteiger partial charge in [0.1, 0.15) is 29.1 Å². The SMILES string of the molecule is Cc1ccc(-n2nc(C3(C)CC3)cc2NC(=O)Nc2ccnc(OC3CCN(C(=O)c4c(F)cccc4F)CC3)c2)cc1. The highest BCUT2D eigenvalue weighted by atomic mass is 19.1. The van der Waals surface area contributed by atoms with Gasteiger partial charge in [-0.15, -0.1) is 0 Å². The van der Waals surface area contributed by atoms with Crippen LogP contribution in [0.1, 0.15) is 54.2 Å². The molecular weight excluding hydrogens is 554 g/mol. The Morgan fingerprint density at radius 3 is 2.35 bits per heavy atom. The van der Waals surface area contributed by atoms with Gasteiger partial charge in [-0.1, -0.05) is 30.7 Å². The number of hydrogen-bond acceptors (Lipinski definition) is 5. The Morgan fingerprint density at radius 1 is 0.977 bits per heavy atom. The van der Waals surface area contributed by atoms with Crippen LogP contribution in [0.4, 0.5) is 25.1 Å². The van der Waals surface area contributed by atoms with Crippen molar-refractivity contribution >= 4 is 23.4 Å². The summed E-state index contributed by atoms with van der Waals surface area (Å²) in [5, 5.41) is 10.6. The maximum atomic E-state index is 14.1. The van der Waals surface area contributed by atoms with Gasteiger partial charge in [0, 0.05) is 55.4 Å². The number of pyridine rings is 1. The van der Waals surface area contributed by atoms with Crippen LogP contribution in [-0.4, -0.2) is 50.8 Å². The lowest BCUT2D eigenvalue weighted by atomic mass is 10.1. The zero-order valence-corrected chi connectivity index (χ0v) is 23.9. The molecule has 2 aliphatic rings. The molecule has 1 saturated carbocycles. The highest BCUT2D eigenvalue weighted by molar-refractivity contribution is 5.99. The first-order valence-corrected chi connectivity index (χ1v) is 14.3. The van der Waals surface area contributed by atoms with E-state index in [2.05, 4.69) is 22.5 Å². The number of rotatable bonds is 7. The number of piperidine rings is 1. The first kappa shape index (κ1) is 28.3. The Balaban J connectivity index is 1.07. The molecule has 11 heteroatoms. The standard InChI is InChI=1S/C32H32F2N6O3/c1-20-6-8-22(9-7-20)40-27(19-26(38-40)32(2)13-14-32)37-31(42)36-21-10-15-35-28(18-21)43-23-11-16-39(17-12-23)30(41)29-24(33)4-3-5-25(29)34/h3-10,15,18-19,23H,11-14,16-17H2,1-2H3,(H2,35,36,37,42). The molecule has 6 rings (SSSR count). The van der Waals surface area contributed by atoms with Crippen LogP contribution < -0.4 is 15.4 Å². The Morgan fingerprint density at radius 2 is 1.67 bits per heavy atom. The van der Waals surface area contributed by atoms with Crippen LogP contribution in [0.15, 0.2) is 66.9 Å². The van der Waals surface area contributed by atoms with Crippen LogP contribution in [-0.2, 0) is 5.41 Å². The van der Waals surface area contributed by atoms with E-state index in [0.29, 0.717) is 30.2 Å². The average Bonchev–Trinajstić information content (AvgIpc) is 3.60. The number of halogens is 2. The van der Waals surface area contributed by atoms with Crippen LogP contribution in [0.5, 0.6) is 5.88 Å². The monoisotopic (exact) mass is 586 g/mol. The van der Waals surface area contributed by atoms with Gasteiger partial charge >= 0.3 is 6.03 Å². The molecule has 0 bridgehead atoms. The molecule has 0 unspecified atom stereocenters. The number of aryl methyl sites for hydroxylation is 1. The highest BCUT2D eigenvalue weighted by Crippen LogP contribution is 2.47. The molecule has 222 valence electrons. The van der Waals surface area contributed by atoms with E-state index < -0.39 is 29.1 Å². The third-order valence-electron chi connectivity index (χ3n) is 8.03. The van der Waals surface area contributed by atoms with Gasteiger partial charge in [0.2, 0.25) is 5.88 Å². The Bertz CT molecular complexity index is 1640. The third kappa shape index (κ3) is 6.20. The van der Waals surface area contributed by atoms with Crippen molar-refractivity contribution in [3.63, 3.8) is 0 Å². The molecule has 2 fully saturated rings. The average molecular weight is 587 g/mol. The molecule has 4 aromatic rings. The van der Waals surface area contributed by atoms with Crippen molar-refractivity contribution in [3.8, 4) is 11.6 Å². The lowest BCUT2D eigenvalue weighted by Crippen LogP contribution is -2.42. The number of benzene rings is 2. The fraction of sp³-hybridized carbons (Fsp3) is 0.312. The summed E-state index contributed by atoms with van der Waals surface area (Å²) in [5.74, 6) is -1.55. The molecule has 1 aliphatic heterocycles. The van der Waals surface area contributed by atoms with Crippen LogP contribution in [0.2, 0.25) is 0 Å². The number of carbonyl (C=O) groups is 2. The summed E-state index contributed by atoms with van der Waals surface area (Å²) in [4.78, 5) is 31.4. The third-order valence-corrected chi connectivity index (χ3v) is 8.03. The van der Waals surface area contributed by atoms with Crippen molar-refractivity contribution in [3.05, 3.63) is 95.3 Å². The van der Waals surface area contributed by atoms with Crippen molar-refractivity contribution in [1.29, 1.82) is 0 Å². The first-order chi connectivity index (χ1) is 20.7. The van der Waals surface area contributed by atoms with E-state index in [9.17, 15) is 18.4 Å². The minimum Gasteiger partial charge on any atom is -0.474 e. The minimum absolute atomic E-state index is 0.0254. The smallest absolute Gasteiger partial charge is 0.324 e. The second-order valence-electron chi connectivity index (χ2n) is 11.4. The van der Waals surface area contributed by atoms with E-state index in [1.54, 1.807) is 16.8 Å². The summed E-state index contributed by atoms with van der Waals surface area (Å²) >= 11 is 0. The van der Waals surface area contributed by atoms with Crippen molar-refractivity contribution < 1.29 is 23.1 Å². The highest BCUT2D eigenvalue weighted by Gasteiger charge is 2.42. The van der Waals surface area contributed by atoms with Crippen molar-refractivity contribution in [2.24, 2.45) is 0 Å². The van der Waals surface area contributed by atoms with Crippen LogP contribution in [0.3, 0.4) is 0 Å². The number of nitrogens with zero attached hydrogens (tertiary/aromatic N) is 4. The molecule has 2 aromatic heterocycles. The maximum Gasteiger partial charge on any atom is 0.324 e. The van der Waals surface area contributed by atoms with E-state index in [0.717, 1.165) is 41.9 Å². The number of ether oxygens (including phenoxy) is 1. The van der Waals surface area contributed by atoms with E-state index in [1.165, 1.54) is 17.2 Å². The number of hydrogen-bond donors (Lipinski definition) is 2. The summed E-state index contributed by atoms with van der Waals surface area (Å²) < 4.78 is 35.9. The fourth-order valence-corrected chi connectivity index (χ4v) is 5.13. The largest absolute Gasteiger partial charge is 0.474 e. The summed E-state index contributed by atoms with van der Waals surface area (Å²) in [7, 11) is 0. The zero-order chi connectivity index (χ0) is 30.1. The fourth-order valence-electron chi connectivity index (χ4n) is 5.13. The predicted molar refractivity (Wildman–Crippen MR) is 158 cm³/mol. The van der Waals surface area contributed by atoms with Crippen LogP contribution >= 0.6 is 0 Å². The minimum atomic E-state index is -0.877. The zero-order valence-electron chi connectivity index (χ0n) is 23.9. The Hall–Kier alpha value is -4.80. The molecule has 0 atom stereocenters. The van der Waals surface area contributed by atoms with Gasteiger partial charge in [0.25, 0.3) is 5.91 Å². The van der Waals surface area contributed by atoms with Gasteiger partial charge < -0.3 is 15.0 Å². The lowest BCUT2D eigenvalue weighted by Gasteiger charge is -2.32. The Labute approximate surface area is 247 Å². The molecule has 2 N–H and O–H groups in total. The number of urea groups is 1. The van der Waals surface area contributed by atoms with E-state index >= 15 is 0 Å². The van der Waals surface area contributed by atoms with Crippen molar-refractivity contribution in [2.45, 2.75) is 51.0 Å². The van der Waals surface area contributed by atoms with Crippen LogP contribution in [0, 0.1) is 18.6 Å². The quantitative estimate of drug-likeness (QED) is 0.267. The molecule has 1 aliphatic carbocycles. The van der Waals surface area contributed by atoms with Crippen molar-refractivity contribution in [2.75, 3.05) is 23.7 Å². The summed E-state index contributed by atoms with van der Waals surface area (Å²) in [6, 6.07) is 16.1. The van der Waals surface area contributed by atoms with Gasteiger partial charge in [-0.05, 0) is 50.1 Å². The number of anilines is 2. The summed E-state index contributed by atoms with van der Waals surface area (Å²) in [5.41, 5.74) is 2.89. The molecule has 0 spiro atoms. The lowest BCUT2D eigenvalue weighted by molar-refractivity contribution is 0.0579. The molecule has 3 heterocycles. The van der Waals surface area contributed by atoms with E-state index in [4.69, 9.17) is 9.84 Å². The number of likely N-dealkylation sites (tertiary alicyclic amines) is 1. The second kappa shape index (κ2) is 11.5. The van der Waals surface area contributed by atoms with Gasteiger partial charge in [0.05, 0.1) is 11.4 Å². The maximum absolute atomic E-state index is 14.1. The first-order valence-electron chi connectivity index (χ1n) is 14.3. The second-order valence-corrected chi connectivity index (χ2v) is 11.4. The number of carbonyl (C=O) groups excluding carboxylic acids is 2. The number of aromatic nitrogens is 3. The van der Waals surface area contributed by atoms with E-state index in [-0.39, 0.29) is 24.6 Å². The van der Waals surface area contributed by atoms with Gasteiger partial charge in [-0.3, -0.25) is 10.1 Å². The topological polar surface area (TPSA) is 101 Å². The molecule has 9 nitrogen and oxygen atoms in total. The summed E-state index contributed by atoms with van der Waals surface area (Å²) in [6.07, 6.45) is 4.33. The molecule has 0 radical (unpaired) electrons. The molecule has 3 amide bonds. The Kier molecular flexibility index (Phi) is 7.55. The molecule has 43 heavy (non-hydrogen) atoms. The predicted octanol–water partition coefficient (Wildman–Crippen LogP) is 6.23. The van der Waals surface area contributed by atoms with Gasteiger partial charge in [-0.25, -0.2) is 23.2 Å². The van der Waals surface area contributed by atoms with Gasteiger partial charge in [-0.2, -0.15) is 5.10 Å². The van der Waals surface area contributed by atoms with Crippen LogP contribution in [0.25, 0.3) is 5.69 Å². The summed E-state index contributed by atoms with van der Waals surface area (Å²) in [6.45, 7) is 4.76. The number of nitrogens with one attached hydrogen (secondary N) is 2. The van der Waals surface area contributed by atoms with Crippen molar-refractivity contribution in [1.82, 2.24) is 19.7 Å². The molecule has 2 aromatic carbocycles. The van der Waals surface area contributed by atoms with E-state index in [1.807, 2.05) is 37.3 Å². The normalized spacial score (nSPS) is 16.0. The molecular formula is C32H32F2N6O3. The molecule has 1 saturated heterocycles.